The van der Waals surface area contributed by atoms with Crippen LogP contribution < -0.4 is 11.3 Å². The van der Waals surface area contributed by atoms with E-state index in [-0.39, 0.29) is 0 Å². The Morgan fingerprint density at radius 1 is 1.36 bits per heavy atom. The zero-order chi connectivity index (χ0) is 10.4. The summed E-state index contributed by atoms with van der Waals surface area (Å²) in [7, 11) is 0. The van der Waals surface area contributed by atoms with E-state index in [1.54, 1.807) is 0 Å². The molecule has 1 rings (SSSR count). The van der Waals surface area contributed by atoms with Crippen LogP contribution in [0.2, 0.25) is 0 Å². The van der Waals surface area contributed by atoms with Crippen molar-refractivity contribution in [3.8, 4) is 0 Å². The molecule has 0 amide bonds. The summed E-state index contributed by atoms with van der Waals surface area (Å²) in [4.78, 5) is 6.66. The molecule has 0 unspecified atom stereocenters. The van der Waals surface area contributed by atoms with Crippen molar-refractivity contribution in [2.24, 2.45) is 5.84 Å². The zero-order valence-corrected chi connectivity index (χ0v) is 8.83. The highest BCUT2D eigenvalue weighted by atomic mass is 15.3. The van der Waals surface area contributed by atoms with E-state index in [0.717, 1.165) is 31.1 Å². The van der Waals surface area contributed by atoms with Gasteiger partial charge in [0.25, 0.3) is 0 Å². The van der Waals surface area contributed by atoms with Gasteiger partial charge < -0.3 is 5.43 Å². The number of nitrogens with one attached hydrogen (secondary N) is 1. The maximum absolute atomic E-state index is 5.29. The largest absolute Gasteiger partial charge is 0.308 e. The van der Waals surface area contributed by atoms with Crippen LogP contribution in [-0.2, 0) is 6.54 Å². The SMILES string of the molecule is CCN(CC)Cc1cccc(NN)n1. The van der Waals surface area contributed by atoms with Gasteiger partial charge in [-0.3, -0.25) is 4.90 Å². The lowest BCUT2D eigenvalue weighted by Crippen LogP contribution is -2.23. The lowest BCUT2D eigenvalue weighted by atomic mass is 10.3. The van der Waals surface area contributed by atoms with Gasteiger partial charge in [-0.15, -0.1) is 0 Å². The molecule has 1 heterocycles. The van der Waals surface area contributed by atoms with Crippen LogP contribution in [0.4, 0.5) is 5.82 Å². The number of nitrogens with two attached hydrogens (primary N) is 1. The first kappa shape index (κ1) is 10.9. The van der Waals surface area contributed by atoms with Gasteiger partial charge in [0.15, 0.2) is 0 Å². The van der Waals surface area contributed by atoms with E-state index in [0.29, 0.717) is 0 Å². The molecule has 4 nitrogen and oxygen atoms in total. The maximum Gasteiger partial charge on any atom is 0.140 e. The number of hydrazine groups is 1. The molecule has 0 atom stereocenters. The molecular weight excluding hydrogens is 176 g/mol. The van der Waals surface area contributed by atoms with Gasteiger partial charge in [-0.05, 0) is 25.2 Å². The van der Waals surface area contributed by atoms with E-state index < -0.39 is 0 Å². The molecule has 0 aliphatic rings. The summed E-state index contributed by atoms with van der Waals surface area (Å²) in [5, 5.41) is 0. The van der Waals surface area contributed by atoms with Crippen molar-refractivity contribution in [3.05, 3.63) is 23.9 Å². The van der Waals surface area contributed by atoms with Gasteiger partial charge in [0.05, 0.1) is 5.69 Å². The Bertz CT molecular complexity index is 271. The topological polar surface area (TPSA) is 54.2 Å². The summed E-state index contributed by atoms with van der Waals surface area (Å²) < 4.78 is 0. The minimum Gasteiger partial charge on any atom is -0.308 e. The molecule has 3 N–H and O–H groups in total. The number of anilines is 1. The minimum absolute atomic E-state index is 0.717. The highest BCUT2D eigenvalue weighted by molar-refractivity contribution is 5.33. The Kier molecular flexibility index (Phi) is 4.35. The van der Waals surface area contributed by atoms with E-state index in [2.05, 4.69) is 29.2 Å². The number of nitrogen functional groups attached to an aromatic ring is 1. The number of aromatic nitrogens is 1. The summed E-state index contributed by atoms with van der Waals surface area (Å²) in [5.41, 5.74) is 3.59. The second-order valence-corrected chi connectivity index (χ2v) is 3.12. The molecule has 0 saturated heterocycles. The average Bonchev–Trinajstić information content (AvgIpc) is 2.26. The van der Waals surface area contributed by atoms with E-state index in [4.69, 9.17) is 5.84 Å². The Hall–Kier alpha value is -1.13. The molecule has 0 aliphatic heterocycles. The van der Waals surface area contributed by atoms with E-state index in [9.17, 15) is 0 Å². The number of pyridine rings is 1. The van der Waals surface area contributed by atoms with Gasteiger partial charge in [-0.2, -0.15) is 0 Å². The molecule has 0 bridgehead atoms. The Morgan fingerprint density at radius 2 is 2.07 bits per heavy atom. The molecule has 14 heavy (non-hydrogen) atoms. The molecule has 0 spiro atoms. The van der Waals surface area contributed by atoms with Gasteiger partial charge in [-0.1, -0.05) is 19.9 Å². The van der Waals surface area contributed by atoms with Crippen LogP contribution in [0.3, 0.4) is 0 Å². The Balaban J connectivity index is 2.65. The summed E-state index contributed by atoms with van der Waals surface area (Å²) in [6.07, 6.45) is 0. The van der Waals surface area contributed by atoms with Crippen LogP contribution in [0.1, 0.15) is 19.5 Å². The number of hydrogen-bond donors (Lipinski definition) is 2. The van der Waals surface area contributed by atoms with Crippen molar-refractivity contribution in [2.75, 3.05) is 18.5 Å². The second kappa shape index (κ2) is 5.57. The first-order valence-corrected chi connectivity index (χ1v) is 4.95. The van der Waals surface area contributed by atoms with Gasteiger partial charge in [0.2, 0.25) is 0 Å². The molecule has 1 aromatic heterocycles. The van der Waals surface area contributed by atoms with Crippen molar-refractivity contribution in [1.82, 2.24) is 9.88 Å². The smallest absolute Gasteiger partial charge is 0.140 e. The molecule has 0 saturated carbocycles. The molecule has 0 fully saturated rings. The quantitative estimate of drug-likeness (QED) is 0.546. The highest BCUT2D eigenvalue weighted by Gasteiger charge is 2.02. The number of rotatable bonds is 5. The monoisotopic (exact) mass is 194 g/mol. The fraction of sp³-hybridized carbons (Fsp3) is 0.500. The molecule has 0 aromatic carbocycles. The van der Waals surface area contributed by atoms with Gasteiger partial charge in [0.1, 0.15) is 5.82 Å². The average molecular weight is 194 g/mol. The Labute approximate surface area is 85.1 Å². The van der Waals surface area contributed by atoms with E-state index in [1.165, 1.54) is 0 Å². The lowest BCUT2D eigenvalue weighted by Gasteiger charge is -2.17. The summed E-state index contributed by atoms with van der Waals surface area (Å²) in [5.74, 6) is 6.01. The van der Waals surface area contributed by atoms with Crippen molar-refractivity contribution in [1.29, 1.82) is 0 Å². The normalized spacial score (nSPS) is 10.6. The first-order valence-electron chi connectivity index (χ1n) is 4.95. The van der Waals surface area contributed by atoms with Crippen LogP contribution in [-0.4, -0.2) is 23.0 Å². The second-order valence-electron chi connectivity index (χ2n) is 3.12. The van der Waals surface area contributed by atoms with Crippen LogP contribution in [0.15, 0.2) is 18.2 Å². The minimum atomic E-state index is 0.717. The van der Waals surface area contributed by atoms with Gasteiger partial charge in [-0.25, -0.2) is 10.8 Å². The van der Waals surface area contributed by atoms with Crippen molar-refractivity contribution >= 4 is 5.82 Å². The van der Waals surface area contributed by atoms with Crippen molar-refractivity contribution in [3.63, 3.8) is 0 Å². The lowest BCUT2D eigenvalue weighted by molar-refractivity contribution is 0.292. The summed E-state index contributed by atoms with van der Waals surface area (Å²) >= 11 is 0. The van der Waals surface area contributed by atoms with E-state index in [1.807, 2.05) is 18.2 Å². The van der Waals surface area contributed by atoms with Crippen molar-refractivity contribution in [2.45, 2.75) is 20.4 Å². The van der Waals surface area contributed by atoms with Crippen LogP contribution >= 0.6 is 0 Å². The van der Waals surface area contributed by atoms with E-state index >= 15 is 0 Å². The fourth-order valence-corrected chi connectivity index (χ4v) is 1.32. The number of nitrogens with zero attached hydrogens (tertiary/aromatic N) is 2. The molecule has 4 heteroatoms. The van der Waals surface area contributed by atoms with Crippen molar-refractivity contribution < 1.29 is 0 Å². The third kappa shape index (κ3) is 2.97. The molecule has 0 radical (unpaired) electrons. The molecule has 1 aromatic rings. The van der Waals surface area contributed by atoms with Crippen LogP contribution in [0, 0.1) is 0 Å². The molecular formula is C10H18N4. The standard InChI is InChI=1S/C10H18N4/c1-3-14(4-2)8-9-6-5-7-10(12-9)13-11/h5-7H,3-4,8,11H2,1-2H3,(H,12,13). The summed E-state index contributed by atoms with van der Waals surface area (Å²) in [6.45, 7) is 7.25. The molecule has 78 valence electrons. The predicted octanol–water partition coefficient (Wildman–Crippen LogP) is 1.21. The summed E-state index contributed by atoms with van der Waals surface area (Å²) in [6, 6.07) is 5.83. The molecule has 0 aliphatic carbocycles. The fourth-order valence-electron chi connectivity index (χ4n) is 1.32. The predicted molar refractivity (Wildman–Crippen MR) is 58.7 cm³/mol. The van der Waals surface area contributed by atoms with Gasteiger partial charge >= 0.3 is 0 Å². The number of hydrogen-bond acceptors (Lipinski definition) is 4. The third-order valence-electron chi connectivity index (χ3n) is 2.23. The Morgan fingerprint density at radius 3 is 2.64 bits per heavy atom. The van der Waals surface area contributed by atoms with Crippen LogP contribution in [0.5, 0.6) is 0 Å². The highest BCUT2D eigenvalue weighted by Crippen LogP contribution is 2.05. The first-order chi connectivity index (χ1) is 6.80. The van der Waals surface area contributed by atoms with Crippen LogP contribution in [0.25, 0.3) is 0 Å². The van der Waals surface area contributed by atoms with Gasteiger partial charge in [0, 0.05) is 6.54 Å². The maximum atomic E-state index is 5.29. The zero-order valence-electron chi connectivity index (χ0n) is 8.83. The third-order valence-corrected chi connectivity index (χ3v) is 2.23.